The second-order valence-electron chi connectivity index (χ2n) is 2.58. The fraction of sp³-hybridized carbons (Fsp3) is 0.182. The van der Waals surface area contributed by atoms with Gasteiger partial charge in [0, 0.05) is 0 Å². The number of allylic oxidation sites excluding steroid dienone is 1. The summed E-state index contributed by atoms with van der Waals surface area (Å²) in [4.78, 5) is 0. The highest BCUT2D eigenvalue weighted by Crippen LogP contribution is 2.06. The monoisotopic (exact) mass is 157 g/mol. The van der Waals surface area contributed by atoms with E-state index in [1.165, 1.54) is 5.56 Å². The standard InChI is InChI=1S/C11H11N/c1-2-3-10-4-6-11(7-5-10)8-9-12/h2-7H,8H2,1H3/b3-2+. The predicted molar refractivity (Wildman–Crippen MR) is 50.5 cm³/mol. The molecule has 0 unspecified atom stereocenters. The number of nitriles is 1. The van der Waals surface area contributed by atoms with E-state index in [0.717, 1.165) is 5.56 Å². The Labute approximate surface area is 73.0 Å². The van der Waals surface area contributed by atoms with Crippen LogP contribution in [0, 0.1) is 11.3 Å². The molecule has 0 fully saturated rings. The van der Waals surface area contributed by atoms with E-state index in [0.29, 0.717) is 6.42 Å². The van der Waals surface area contributed by atoms with Gasteiger partial charge in [-0.3, -0.25) is 0 Å². The maximum atomic E-state index is 8.43. The molecule has 0 radical (unpaired) electrons. The highest BCUT2D eigenvalue weighted by atomic mass is 14.2. The first-order valence-corrected chi connectivity index (χ1v) is 3.95. The predicted octanol–water partition coefficient (Wildman–Crippen LogP) is 2.79. The summed E-state index contributed by atoms with van der Waals surface area (Å²) in [5, 5.41) is 8.43. The van der Waals surface area contributed by atoms with Crippen molar-refractivity contribution in [2.45, 2.75) is 13.3 Å². The van der Waals surface area contributed by atoms with Gasteiger partial charge in [-0.25, -0.2) is 0 Å². The zero-order chi connectivity index (χ0) is 8.81. The minimum absolute atomic E-state index is 0.496. The molecular formula is C11H11N. The molecule has 0 aliphatic rings. The van der Waals surface area contributed by atoms with Gasteiger partial charge in [0.15, 0.2) is 0 Å². The van der Waals surface area contributed by atoms with Gasteiger partial charge in [0.25, 0.3) is 0 Å². The average molecular weight is 157 g/mol. The molecule has 0 saturated carbocycles. The molecule has 1 nitrogen and oxygen atoms in total. The van der Waals surface area contributed by atoms with Crippen molar-refractivity contribution in [3.63, 3.8) is 0 Å². The van der Waals surface area contributed by atoms with Crippen LogP contribution in [0.2, 0.25) is 0 Å². The van der Waals surface area contributed by atoms with E-state index in [4.69, 9.17) is 5.26 Å². The van der Waals surface area contributed by atoms with Crippen LogP contribution in [0.1, 0.15) is 18.1 Å². The molecule has 0 aliphatic carbocycles. The highest BCUT2D eigenvalue weighted by molar-refractivity contribution is 5.49. The van der Waals surface area contributed by atoms with Crippen LogP contribution in [0.3, 0.4) is 0 Å². The Kier molecular flexibility index (Phi) is 3.10. The zero-order valence-corrected chi connectivity index (χ0v) is 7.12. The van der Waals surface area contributed by atoms with Crippen molar-refractivity contribution < 1.29 is 0 Å². The van der Waals surface area contributed by atoms with E-state index < -0.39 is 0 Å². The summed E-state index contributed by atoms with van der Waals surface area (Å²) in [5.41, 5.74) is 2.25. The minimum atomic E-state index is 0.496. The van der Waals surface area contributed by atoms with Crippen LogP contribution in [0.4, 0.5) is 0 Å². The normalized spacial score (nSPS) is 10.0. The van der Waals surface area contributed by atoms with Crippen LogP contribution < -0.4 is 0 Å². The Balaban J connectivity index is 2.79. The van der Waals surface area contributed by atoms with Crippen molar-refractivity contribution in [3.05, 3.63) is 41.5 Å². The Bertz CT molecular complexity index is 301. The van der Waals surface area contributed by atoms with Crippen LogP contribution in [0.5, 0.6) is 0 Å². The molecule has 0 bridgehead atoms. The van der Waals surface area contributed by atoms with Crippen molar-refractivity contribution in [1.82, 2.24) is 0 Å². The summed E-state index contributed by atoms with van der Waals surface area (Å²) < 4.78 is 0. The van der Waals surface area contributed by atoms with Crippen LogP contribution in [0.25, 0.3) is 6.08 Å². The molecule has 12 heavy (non-hydrogen) atoms. The lowest BCUT2D eigenvalue weighted by Gasteiger charge is -1.94. The van der Waals surface area contributed by atoms with Gasteiger partial charge in [0.2, 0.25) is 0 Å². The van der Waals surface area contributed by atoms with Crippen LogP contribution in [-0.2, 0) is 6.42 Å². The average Bonchev–Trinajstić information content (AvgIpc) is 2.09. The Hall–Kier alpha value is -1.55. The molecule has 1 aromatic rings. The highest BCUT2D eigenvalue weighted by Gasteiger charge is 1.89. The Morgan fingerprint density at radius 3 is 2.50 bits per heavy atom. The van der Waals surface area contributed by atoms with Crippen LogP contribution >= 0.6 is 0 Å². The maximum Gasteiger partial charge on any atom is 0.0669 e. The molecular weight excluding hydrogens is 146 g/mol. The summed E-state index contributed by atoms with van der Waals surface area (Å²) in [7, 11) is 0. The molecule has 0 aromatic heterocycles. The number of benzene rings is 1. The first-order valence-electron chi connectivity index (χ1n) is 3.95. The molecule has 1 heteroatoms. The van der Waals surface area contributed by atoms with Gasteiger partial charge < -0.3 is 0 Å². The van der Waals surface area contributed by atoms with Crippen LogP contribution in [0.15, 0.2) is 30.3 Å². The minimum Gasteiger partial charge on any atom is -0.198 e. The second-order valence-corrected chi connectivity index (χ2v) is 2.58. The van der Waals surface area contributed by atoms with Gasteiger partial charge >= 0.3 is 0 Å². The molecule has 1 aromatic carbocycles. The molecule has 1 rings (SSSR count). The van der Waals surface area contributed by atoms with Crippen LogP contribution in [-0.4, -0.2) is 0 Å². The SMILES string of the molecule is C/C=C/c1ccc(CC#N)cc1. The van der Waals surface area contributed by atoms with Crippen molar-refractivity contribution in [2.24, 2.45) is 0 Å². The van der Waals surface area contributed by atoms with E-state index >= 15 is 0 Å². The molecule has 0 aliphatic heterocycles. The third-order valence-corrected chi connectivity index (χ3v) is 1.62. The molecule has 60 valence electrons. The molecule has 0 saturated heterocycles. The Morgan fingerprint density at radius 2 is 2.00 bits per heavy atom. The molecule has 0 N–H and O–H groups in total. The fourth-order valence-electron chi connectivity index (χ4n) is 1.03. The number of hydrogen-bond donors (Lipinski definition) is 0. The summed E-state index contributed by atoms with van der Waals surface area (Å²) in [6.45, 7) is 1.99. The van der Waals surface area contributed by atoms with E-state index in [1.54, 1.807) is 0 Å². The third kappa shape index (κ3) is 2.25. The zero-order valence-electron chi connectivity index (χ0n) is 7.12. The smallest absolute Gasteiger partial charge is 0.0669 e. The lowest BCUT2D eigenvalue weighted by molar-refractivity contribution is 1.26. The first-order chi connectivity index (χ1) is 5.86. The number of nitrogens with zero attached hydrogens (tertiary/aromatic N) is 1. The van der Waals surface area contributed by atoms with Crippen molar-refractivity contribution in [3.8, 4) is 6.07 Å². The molecule has 0 spiro atoms. The topological polar surface area (TPSA) is 23.8 Å². The van der Waals surface area contributed by atoms with Gasteiger partial charge in [0.1, 0.15) is 0 Å². The maximum absolute atomic E-state index is 8.43. The molecule has 0 heterocycles. The second kappa shape index (κ2) is 4.35. The first kappa shape index (κ1) is 8.55. The summed E-state index contributed by atoms with van der Waals surface area (Å²) in [6, 6.07) is 10.1. The largest absolute Gasteiger partial charge is 0.198 e. The van der Waals surface area contributed by atoms with Crippen molar-refractivity contribution >= 4 is 6.08 Å². The van der Waals surface area contributed by atoms with Gasteiger partial charge in [-0.15, -0.1) is 0 Å². The summed E-state index contributed by atoms with van der Waals surface area (Å²) in [5.74, 6) is 0. The van der Waals surface area contributed by atoms with E-state index in [2.05, 4.69) is 6.07 Å². The quantitative estimate of drug-likeness (QED) is 0.647. The number of rotatable bonds is 2. The van der Waals surface area contributed by atoms with Crippen molar-refractivity contribution in [2.75, 3.05) is 0 Å². The van der Waals surface area contributed by atoms with Crippen molar-refractivity contribution in [1.29, 1.82) is 5.26 Å². The Morgan fingerprint density at radius 1 is 1.33 bits per heavy atom. The van der Waals surface area contributed by atoms with Gasteiger partial charge in [0.05, 0.1) is 12.5 Å². The summed E-state index contributed by atoms with van der Waals surface area (Å²) in [6.07, 6.45) is 4.53. The van der Waals surface area contributed by atoms with Gasteiger partial charge in [-0.05, 0) is 18.1 Å². The summed E-state index contributed by atoms with van der Waals surface area (Å²) >= 11 is 0. The molecule has 0 amide bonds. The van der Waals surface area contributed by atoms with E-state index in [9.17, 15) is 0 Å². The third-order valence-electron chi connectivity index (χ3n) is 1.62. The van der Waals surface area contributed by atoms with Gasteiger partial charge in [-0.1, -0.05) is 36.4 Å². The van der Waals surface area contributed by atoms with E-state index in [1.807, 2.05) is 43.3 Å². The molecule has 0 atom stereocenters. The van der Waals surface area contributed by atoms with Gasteiger partial charge in [-0.2, -0.15) is 5.26 Å². The van der Waals surface area contributed by atoms with E-state index in [-0.39, 0.29) is 0 Å². The lowest BCUT2D eigenvalue weighted by atomic mass is 10.1. The lowest BCUT2D eigenvalue weighted by Crippen LogP contribution is -1.80. The fourth-order valence-corrected chi connectivity index (χ4v) is 1.03. The number of hydrogen-bond acceptors (Lipinski definition) is 1.